The van der Waals surface area contributed by atoms with E-state index in [0.29, 0.717) is 13.1 Å². The lowest BCUT2D eigenvalue weighted by atomic mass is 9.72. The minimum absolute atomic E-state index is 0.00331. The summed E-state index contributed by atoms with van der Waals surface area (Å²) in [5, 5.41) is 0.773. The van der Waals surface area contributed by atoms with Crippen molar-refractivity contribution < 1.29 is 14.1 Å². The summed E-state index contributed by atoms with van der Waals surface area (Å²) >= 11 is 6.44. The Hall–Kier alpha value is -3.88. The molecule has 2 amide bonds. The van der Waals surface area contributed by atoms with E-state index in [1.165, 1.54) is 22.3 Å². The van der Waals surface area contributed by atoms with E-state index in [2.05, 4.69) is 115 Å². The lowest BCUT2D eigenvalue weighted by Crippen LogP contribution is -2.57. The molecule has 1 unspecified atom stereocenters. The number of hydrogen-bond donors (Lipinski definition) is 0. The number of halogens is 1. The van der Waals surface area contributed by atoms with Crippen molar-refractivity contribution in [3.05, 3.63) is 136 Å². The molecule has 0 aliphatic heterocycles. The van der Waals surface area contributed by atoms with E-state index in [1.54, 1.807) is 6.20 Å². The van der Waals surface area contributed by atoms with Crippen LogP contribution >= 0.6 is 11.6 Å². The molecule has 2 aliphatic carbocycles. The summed E-state index contributed by atoms with van der Waals surface area (Å²) in [6.45, 7) is 3.38. The van der Waals surface area contributed by atoms with Gasteiger partial charge in [0, 0.05) is 59.0 Å². The predicted octanol–water partition coefficient (Wildman–Crippen LogP) is 9.34. The predicted molar refractivity (Wildman–Crippen MR) is 238 cm³/mol. The Balaban J connectivity index is 1.21. The fraction of sp³-hybridized carbons (Fsp3) is 0.500. The molecule has 6 rings (SSSR count). The molecule has 2 saturated carbocycles. The first-order valence-corrected chi connectivity index (χ1v) is 21.9. The van der Waals surface area contributed by atoms with E-state index in [0.717, 1.165) is 81.2 Å². The second kappa shape index (κ2) is 19.5. The largest absolute Gasteiger partial charge is 0.337 e. The summed E-state index contributed by atoms with van der Waals surface area (Å²) in [7, 11) is 10.9. The third kappa shape index (κ3) is 10.8. The van der Waals surface area contributed by atoms with Gasteiger partial charge in [0.15, 0.2) is 0 Å². The number of amides is 2. The fourth-order valence-corrected chi connectivity index (χ4v) is 10.4. The van der Waals surface area contributed by atoms with E-state index < -0.39 is 0 Å². The van der Waals surface area contributed by atoms with Gasteiger partial charge in [-0.25, -0.2) is 4.79 Å². The standard InChI is InChI=1S/C50H67ClN5O2/c1-39-13-10-16-41(33-39)35-49(53(2)3)27-22-45(23-28-49)55(46-24-29-50(30-25-46,54(4)5)36-42-17-11-19-44(51)34-42)47(57)20-21-48(58)56(6,38-43-18-12-31-52-37-43)32-26-40-14-8-7-9-15-40/h7-19,31,33-34,37,45-46H,20-30,32,35-36,38H2,1-6H3/q+1. The van der Waals surface area contributed by atoms with Crippen LogP contribution in [-0.2, 0) is 35.4 Å². The Morgan fingerprint density at radius 1 is 0.707 bits per heavy atom. The molecule has 7 nitrogen and oxygen atoms in total. The molecule has 4 aromatic rings. The molecular weight excluding hydrogens is 738 g/mol. The van der Waals surface area contributed by atoms with Crippen molar-refractivity contribution >= 4 is 23.4 Å². The molecule has 0 N–H and O–H groups in total. The van der Waals surface area contributed by atoms with Crippen LogP contribution in [0.2, 0.25) is 5.02 Å². The van der Waals surface area contributed by atoms with Crippen LogP contribution in [0.5, 0.6) is 0 Å². The number of carbonyl (C=O) groups is 2. The normalized spacial score (nSPS) is 23.4. The highest BCUT2D eigenvalue weighted by atomic mass is 35.5. The van der Waals surface area contributed by atoms with Crippen LogP contribution in [0.4, 0.5) is 0 Å². The number of rotatable bonds is 16. The van der Waals surface area contributed by atoms with Crippen LogP contribution in [0, 0.1) is 6.92 Å². The fourth-order valence-electron chi connectivity index (χ4n) is 10.2. The Kier molecular flexibility index (Phi) is 14.7. The number of hydrogen-bond acceptors (Lipinski definition) is 5. The molecule has 2 aliphatic rings. The molecule has 8 heteroatoms. The quantitative estimate of drug-likeness (QED) is 0.106. The van der Waals surface area contributed by atoms with Crippen molar-refractivity contribution in [2.24, 2.45) is 0 Å². The van der Waals surface area contributed by atoms with Crippen LogP contribution in [0.1, 0.15) is 92.0 Å². The molecule has 58 heavy (non-hydrogen) atoms. The summed E-state index contributed by atoms with van der Waals surface area (Å²) in [6, 6.07) is 31.9. The van der Waals surface area contributed by atoms with Crippen LogP contribution < -0.4 is 0 Å². The maximum atomic E-state index is 14.9. The van der Waals surface area contributed by atoms with Gasteiger partial charge in [0.1, 0.15) is 6.54 Å². The summed E-state index contributed by atoms with van der Waals surface area (Å²) < 4.78 is 0.236. The summed E-state index contributed by atoms with van der Waals surface area (Å²) in [5.41, 5.74) is 6.21. The second-order valence-electron chi connectivity index (χ2n) is 18.2. The maximum Gasteiger partial charge on any atom is 0.314 e. The highest BCUT2D eigenvalue weighted by Crippen LogP contribution is 2.42. The van der Waals surface area contributed by atoms with Crippen LogP contribution in [-0.4, -0.2) is 101 Å². The zero-order valence-corrected chi connectivity index (χ0v) is 36.8. The number of likely N-dealkylation sites (N-methyl/N-ethyl adjacent to an activating group) is 3. The van der Waals surface area contributed by atoms with Crippen molar-refractivity contribution in [2.45, 2.75) is 120 Å². The topological polar surface area (TPSA) is 56.8 Å². The number of aryl methyl sites for hydroxylation is 1. The van der Waals surface area contributed by atoms with Crippen molar-refractivity contribution in [1.29, 1.82) is 0 Å². The van der Waals surface area contributed by atoms with Gasteiger partial charge in [-0.1, -0.05) is 90.0 Å². The van der Waals surface area contributed by atoms with Crippen molar-refractivity contribution in [2.75, 3.05) is 41.8 Å². The number of carbonyl (C=O) groups excluding carboxylic acids is 2. The number of quaternary nitrogens is 1. The highest BCUT2D eigenvalue weighted by molar-refractivity contribution is 6.30. The first kappa shape index (κ1) is 43.7. The molecular formula is C50H67ClN5O2+. The van der Waals surface area contributed by atoms with Crippen LogP contribution in [0.25, 0.3) is 0 Å². The van der Waals surface area contributed by atoms with E-state index in [-0.39, 0.29) is 52.3 Å². The second-order valence-corrected chi connectivity index (χ2v) is 18.7. The van der Waals surface area contributed by atoms with E-state index in [1.807, 2.05) is 43.6 Å². The van der Waals surface area contributed by atoms with Crippen molar-refractivity contribution in [3.8, 4) is 0 Å². The molecule has 2 fully saturated rings. The summed E-state index contributed by atoms with van der Waals surface area (Å²) in [5.74, 6) is 0.251. The molecule has 0 radical (unpaired) electrons. The SMILES string of the molecule is Cc1cccc(CC2(N(C)C)CCC(N(C(=O)CCC(=O)[N+](C)(CCc3ccccc3)Cc3cccnc3)C3CCC(Cc4cccc(Cl)c4)(N(C)C)CC3)CC2)c1. The molecule has 0 saturated heterocycles. The first-order valence-electron chi connectivity index (χ1n) is 21.6. The van der Waals surface area contributed by atoms with Gasteiger partial charge >= 0.3 is 5.91 Å². The third-order valence-corrected chi connectivity index (χ3v) is 14.2. The zero-order valence-electron chi connectivity index (χ0n) is 36.0. The lowest BCUT2D eigenvalue weighted by Gasteiger charge is -2.52. The van der Waals surface area contributed by atoms with Gasteiger partial charge in [0.05, 0.1) is 20.0 Å². The van der Waals surface area contributed by atoms with Crippen LogP contribution in [0.3, 0.4) is 0 Å². The van der Waals surface area contributed by atoms with Gasteiger partial charge in [0.2, 0.25) is 5.91 Å². The van der Waals surface area contributed by atoms with Gasteiger partial charge in [-0.2, -0.15) is 0 Å². The minimum Gasteiger partial charge on any atom is -0.337 e. The van der Waals surface area contributed by atoms with E-state index in [9.17, 15) is 9.59 Å². The Bertz CT molecular complexity index is 1860. The molecule has 310 valence electrons. The Morgan fingerprint density at radius 3 is 1.79 bits per heavy atom. The third-order valence-electron chi connectivity index (χ3n) is 13.9. The number of aromatic nitrogens is 1. The smallest absolute Gasteiger partial charge is 0.314 e. The molecule has 1 aromatic heterocycles. The number of benzene rings is 3. The Labute approximate surface area is 354 Å². The van der Waals surface area contributed by atoms with Crippen LogP contribution in [0.15, 0.2) is 103 Å². The number of pyridine rings is 1. The molecule has 1 heterocycles. The van der Waals surface area contributed by atoms with Crippen molar-refractivity contribution in [1.82, 2.24) is 19.7 Å². The molecule has 1 atom stereocenters. The zero-order chi connectivity index (χ0) is 41.3. The lowest BCUT2D eigenvalue weighted by molar-refractivity contribution is -0.848. The molecule has 0 spiro atoms. The first-order chi connectivity index (χ1) is 27.8. The highest BCUT2D eigenvalue weighted by Gasteiger charge is 2.45. The minimum atomic E-state index is -0.00331. The monoisotopic (exact) mass is 804 g/mol. The van der Waals surface area contributed by atoms with Gasteiger partial charge in [-0.05, 0) is 134 Å². The van der Waals surface area contributed by atoms with Gasteiger partial charge in [0.25, 0.3) is 0 Å². The Morgan fingerprint density at radius 2 is 1.26 bits per heavy atom. The summed E-state index contributed by atoms with van der Waals surface area (Å²) in [6.07, 6.45) is 14.7. The molecule has 0 bridgehead atoms. The van der Waals surface area contributed by atoms with Gasteiger partial charge in [-0.15, -0.1) is 0 Å². The van der Waals surface area contributed by atoms with Crippen molar-refractivity contribution in [3.63, 3.8) is 0 Å². The molecule has 3 aromatic carbocycles. The summed E-state index contributed by atoms with van der Waals surface area (Å²) in [4.78, 5) is 40.8. The average Bonchev–Trinajstić information content (AvgIpc) is 3.21. The average molecular weight is 806 g/mol. The number of nitrogens with zero attached hydrogens (tertiary/aromatic N) is 5. The maximum absolute atomic E-state index is 14.9. The van der Waals surface area contributed by atoms with E-state index in [4.69, 9.17) is 11.6 Å². The van der Waals surface area contributed by atoms with Gasteiger partial charge < -0.3 is 14.7 Å². The van der Waals surface area contributed by atoms with E-state index >= 15 is 0 Å². The van der Waals surface area contributed by atoms with Gasteiger partial charge in [-0.3, -0.25) is 14.3 Å².